The molecule has 0 spiro atoms. The molecule has 0 saturated heterocycles. The number of benzene rings is 1. The third kappa shape index (κ3) is 12.1. The standard InChI is InChI=1S/C28H43NO11/c1-10-27(8,9)39-26(34)40-28(23(30)31,29-19(6)7)14-20-11-12-21(37-24(32)35-15-17(2)3)22(13-20)38-25(33)36-16-18(4)5/h11-13,17-19,29H,10,14-16H2,1-9H3,(H,30,31)/t28-/m0/s1. The van der Waals surface area contributed by atoms with E-state index in [1.165, 1.54) is 18.2 Å². The fraction of sp³-hybridized carbons (Fsp3) is 0.643. The maximum absolute atomic E-state index is 12.6. The molecule has 0 saturated carbocycles. The number of carboxylic acid groups (broad SMARTS) is 1. The zero-order chi connectivity index (χ0) is 30.7. The van der Waals surface area contributed by atoms with Crippen LogP contribution < -0.4 is 14.8 Å². The number of carbonyl (C=O) groups excluding carboxylic acids is 3. The molecule has 1 atom stereocenters. The van der Waals surface area contributed by atoms with Gasteiger partial charge in [-0.15, -0.1) is 0 Å². The molecule has 12 heteroatoms. The van der Waals surface area contributed by atoms with Crippen molar-refractivity contribution in [2.75, 3.05) is 13.2 Å². The highest BCUT2D eigenvalue weighted by Crippen LogP contribution is 2.32. The van der Waals surface area contributed by atoms with Crippen LogP contribution in [0.2, 0.25) is 0 Å². The van der Waals surface area contributed by atoms with E-state index in [1.807, 2.05) is 27.7 Å². The van der Waals surface area contributed by atoms with E-state index in [1.54, 1.807) is 34.6 Å². The summed E-state index contributed by atoms with van der Waals surface area (Å²) in [6.45, 7) is 16.1. The number of hydrogen-bond donors (Lipinski definition) is 2. The first-order valence-corrected chi connectivity index (χ1v) is 13.2. The molecule has 1 aromatic carbocycles. The predicted molar refractivity (Wildman–Crippen MR) is 144 cm³/mol. The largest absolute Gasteiger partial charge is 0.513 e. The van der Waals surface area contributed by atoms with E-state index >= 15 is 0 Å². The van der Waals surface area contributed by atoms with Crippen LogP contribution in [0, 0.1) is 11.8 Å². The summed E-state index contributed by atoms with van der Waals surface area (Å²) in [6, 6.07) is 3.59. The van der Waals surface area contributed by atoms with Gasteiger partial charge in [-0.3, -0.25) is 5.32 Å². The molecule has 1 rings (SSSR count). The molecule has 0 radical (unpaired) electrons. The topological polar surface area (TPSA) is 156 Å². The van der Waals surface area contributed by atoms with Crippen molar-refractivity contribution >= 4 is 24.4 Å². The molecule has 0 heterocycles. The Bertz CT molecular complexity index is 1020. The molecule has 2 N–H and O–H groups in total. The van der Waals surface area contributed by atoms with Crippen molar-refractivity contribution in [1.29, 1.82) is 0 Å². The highest BCUT2D eigenvalue weighted by atomic mass is 16.8. The van der Waals surface area contributed by atoms with Gasteiger partial charge in [0.25, 0.3) is 5.72 Å². The van der Waals surface area contributed by atoms with E-state index in [0.717, 1.165) is 0 Å². The van der Waals surface area contributed by atoms with E-state index in [4.69, 9.17) is 28.4 Å². The van der Waals surface area contributed by atoms with Gasteiger partial charge in [0.1, 0.15) is 5.60 Å². The molecule has 0 aliphatic carbocycles. The Kier molecular flexibility index (Phi) is 13.2. The van der Waals surface area contributed by atoms with Crippen molar-refractivity contribution in [3.05, 3.63) is 23.8 Å². The van der Waals surface area contributed by atoms with Gasteiger partial charge >= 0.3 is 24.4 Å². The van der Waals surface area contributed by atoms with Crippen LogP contribution in [-0.2, 0) is 30.2 Å². The van der Waals surface area contributed by atoms with Gasteiger partial charge in [0, 0.05) is 12.5 Å². The zero-order valence-electron chi connectivity index (χ0n) is 24.8. The third-order valence-corrected chi connectivity index (χ3v) is 5.25. The van der Waals surface area contributed by atoms with Gasteiger partial charge in [0.05, 0.1) is 13.2 Å². The van der Waals surface area contributed by atoms with Crippen LogP contribution in [0.25, 0.3) is 0 Å². The van der Waals surface area contributed by atoms with Crippen molar-refractivity contribution in [2.24, 2.45) is 11.8 Å². The lowest BCUT2D eigenvalue weighted by molar-refractivity contribution is -0.169. The first-order valence-electron chi connectivity index (χ1n) is 13.2. The minimum Gasteiger partial charge on any atom is -0.477 e. The van der Waals surface area contributed by atoms with Crippen molar-refractivity contribution in [3.8, 4) is 11.5 Å². The number of carboxylic acids is 1. The molecule has 0 aliphatic rings. The van der Waals surface area contributed by atoms with Gasteiger partial charge in [-0.05, 0) is 63.6 Å². The van der Waals surface area contributed by atoms with Gasteiger partial charge in [0.2, 0.25) is 0 Å². The maximum atomic E-state index is 12.6. The summed E-state index contributed by atoms with van der Waals surface area (Å²) in [5, 5.41) is 12.9. The summed E-state index contributed by atoms with van der Waals surface area (Å²) < 4.78 is 31.3. The number of rotatable bonds is 14. The highest BCUT2D eigenvalue weighted by Gasteiger charge is 2.45. The van der Waals surface area contributed by atoms with Gasteiger partial charge in [-0.2, -0.15) is 0 Å². The minimum atomic E-state index is -2.25. The van der Waals surface area contributed by atoms with Crippen LogP contribution in [0.3, 0.4) is 0 Å². The van der Waals surface area contributed by atoms with E-state index in [9.17, 15) is 24.3 Å². The lowest BCUT2D eigenvalue weighted by atomic mass is 10.0. The monoisotopic (exact) mass is 569 g/mol. The summed E-state index contributed by atoms with van der Waals surface area (Å²) >= 11 is 0. The molecular weight excluding hydrogens is 526 g/mol. The number of hydrogen-bond acceptors (Lipinski definition) is 11. The summed E-state index contributed by atoms with van der Waals surface area (Å²) in [4.78, 5) is 49.6. The van der Waals surface area contributed by atoms with Crippen LogP contribution in [-0.4, -0.2) is 60.1 Å². The van der Waals surface area contributed by atoms with Gasteiger partial charge in [-0.25, -0.2) is 19.2 Å². The maximum Gasteiger partial charge on any atom is 0.513 e. The van der Waals surface area contributed by atoms with Crippen molar-refractivity contribution in [3.63, 3.8) is 0 Å². The van der Waals surface area contributed by atoms with Gasteiger partial charge in [0.15, 0.2) is 11.5 Å². The number of nitrogens with one attached hydrogen (secondary N) is 1. The lowest BCUT2D eigenvalue weighted by Gasteiger charge is -2.33. The molecule has 0 aliphatic heterocycles. The first kappa shape index (κ1) is 34.5. The summed E-state index contributed by atoms with van der Waals surface area (Å²) in [6.07, 6.45) is -3.19. The second kappa shape index (κ2) is 15.3. The molecule has 0 fully saturated rings. The van der Waals surface area contributed by atoms with Crippen LogP contribution in [0.4, 0.5) is 14.4 Å². The summed E-state index contributed by atoms with van der Waals surface area (Å²) in [7, 11) is 0. The molecule has 226 valence electrons. The lowest BCUT2D eigenvalue weighted by Crippen LogP contribution is -2.59. The molecular formula is C28H43NO11. The van der Waals surface area contributed by atoms with Crippen molar-refractivity contribution in [2.45, 2.75) is 92.5 Å². The Morgan fingerprint density at radius 3 is 1.80 bits per heavy atom. The SMILES string of the molecule is CCC(C)(C)OC(=O)O[C@](Cc1ccc(OC(=O)OCC(C)C)c(OC(=O)OCC(C)C)c1)(NC(C)C)C(=O)O. The third-order valence-electron chi connectivity index (χ3n) is 5.25. The van der Waals surface area contributed by atoms with E-state index in [-0.39, 0.29) is 42.1 Å². The average molecular weight is 570 g/mol. The highest BCUT2D eigenvalue weighted by molar-refractivity contribution is 5.80. The normalized spacial score (nSPS) is 13.0. The van der Waals surface area contributed by atoms with Crippen molar-refractivity contribution < 1.29 is 52.7 Å². The van der Waals surface area contributed by atoms with Crippen molar-refractivity contribution in [1.82, 2.24) is 5.32 Å². The number of ether oxygens (including phenoxy) is 6. The summed E-state index contributed by atoms with van der Waals surface area (Å²) in [5.74, 6) is -1.78. The fourth-order valence-corrected chi connectivity index (χ4v) is 3.05. The number of aliphatic carboxylic acids is 1. The van der Waals surface area contributed by atoms with Gasteiger partial charge < -0.3 is 33.5 Å². The average Bonchev–Trinajstić information content (AvgIpc) is 2.82. The van der Waals surface area contributed by atoms with Crippen LogP contribution in [0.1, 0.15) is 74.3 Å². The quantitative estimate of drug-likeness (QED) is 0.122. The van der Waals surface area contributed by atoms with E-state index in [0.29, 0.717) is 6.42 Å². The Balaban J connectivity index is 3.41. The molecule has 0 unspecified atom stereocenters. The number of carbonyl (C=O) groups is 4. The first-order chi connectivity index (χ1) is 18.5. The second-order valence-electron chi connectivity index (χ2n) is 11.1. The van der Waals surface area contributed by atoms with Crippen LogP contribution in [0.5, 0.6) is 11.5 Å². The molecule has 1 aromatic rings. The second-order valence-corrected chi connectivity index (χ2v) is 11.1. The zero-order valence-corrected chi connectivity index (χ0v) is 24.8. The molecule has 40 heavy (non-hydrogen) atoms. The predicted octanol–water partition coefficient (Wildman–Crippen LogP) is 5.69. The minimum absolute atomic E-state index is 0.0356. The van der Waals surface area contributed by atoms with Gasteiger partial charge in [-0.1, -0.05) is 40.7 Å². The summed E-state index contributed by atoms with van der Waals surface area (Å²) in [5.41, 5.74) is -2.88. The fourth-order valence-electron chi connectivity index (χ4n) is 3.05. The smallest absolute Gasteiger partial charge is 0.477 e. The van der Waals surface area contributed by atoms with Crippen LogP contribution >= 0.6 is 0 Å². The molecule has 0 bridgehead atoms. The Morgan fingerprint density at radius 2 is 1.35 bits per heavy atom. The Morgan fingerprint density at radius 1 is 0.825 bits per heavy atom. The van der Waals surface area contributed by atoms with Crippen LogP contribution in [0.15, 0.2) is 18.2 Å². The van der Waals surface area contributed by atoms with E-state index in [2.05, 4.69) is 5.32 Å². The Hall–Kier alpha value is -3.54. The molecule has 0 aromatic heterocycles. The van der Waals surface area contributed by atoms with E-state index < -0.39 is 48.2 Å². The molecule has 12 nitrogen and oxygen atoms in total. The molecule has 0 amide bonds. The Labute approximate surface area is 235 Å².